The number of anilines is 2. The molecule has 0 bridgehead atoms. The summed E-state index contributed by atoms with van der Waals surface area (Å²) in [6, 6.07) is 13.9. The maximum absolute atomic E-state index is 12.6. The van der Waals surface area contributed by atoms with Gasteiger partial charge in [0.25, 0.3) is 15.9 Å². The molecule has 0 atom stereocenters. The monoisotopic (exact) mass is 370 g/mol. The molecule has 8 heteroatoms. The van der Waals surface area contributed by atoms with Crippen LogP contribution in [0.25, 0.3) is 0 Å². The number of aryl methyl sites for hydroxylation is 2. The molecule has 1 aromatic heterocycles. The van der Waals surface area contributed by atoms with E-state index < -0.39 is 15.9 Å². The number of carbonyl (C=O) groups excluding carboxylic acids is 1. The van der Waals surface area contributed by atoms with Crippen LogP contribution in [-0.4, -0.2) is 24.5 Å². The zero-order valence-corrected chi connectivity index (χ0v) is 15.1. The largest absolute Gasteiger partial charge is 0.322 e. The van der Waals surface area contributed by atoms with Crippen molar-refractivity contribution in [1.82, 2.24) is 10.2 Å². The molecule has 26 heavy (non-hydrogen) atoms. The Kier molecular flexibility index (Phi) is 4.77. The summed E-state index contributed by atoms with van der Waals surface area (Å²) < 4.78 is 27.6. The van der Waals surface area contributed by atoms with Gasteiger partial charge in [-0.3, -0.25) is 14.6 Å². The predicted molar refractivity (Wildman–Crippen MR) is 99.7 cm³/mol. The summed E-state index contributed by atoms with van der Waals surface area (Å²) in [4.78, 5) is 12.5. The van der Waals surface area contributed by atoms with Crippen molar-refractivity contribution in [2.24, 2.45) is 0 Å². The molecule has 0 aliphatic carbocycles. The Labute approximate surface area is 151 Å². The van der Waals surface area contributed by atoms with Gasteiger partial charge in [-0.2, -0.15) is 13.5 Å². The zero-order chi connectivity index (χ0) is 18.7. The Balaban J connectivity index is 1.85. The fraction of sp³-hybridized carbons (Fsp3) is 0.111. The van der Waals surface area contributed by atoms with E-state index in [4.69, 9.17) is 0 Å². The van der Waals surface area contributed by atoms with Gasteiger partial charge in [-0.05, 0) is 49.2 Å². The van der Waals surface area contributed by atoms with Gasteiger partial charge in [0.1, 0.15) is 0 Å². The average molecular weight is 370 g/mol. The number of aromatic nitrogens is 2. The van der Waals surface area contributed by atoms with Crippen LogP contribution in [0.15, 0.2) is 59.8 Å². The minimum atomic E-state index is -3.98. The van der Waals surface area contributed by atoms with Crippen molar-refractivity contribution in [3.8, 4) is 0 Å². The number of para-hydroxylation sites is 1. The molecule has 0 aliphatic heterocycles. The Bertz CT molecular complexity index is 1040. The third-order valence-corrected chi connectivity index (χ3v) is 5.26. The van der Waals surface area contributed by atoms with E-state index in [1.807, 2.05) is 26.0 Å². The molecule has 0 aliphatic rings. The lowest BCUT2D eigenvalue weighted by molar-refractivity contribution is 0.102. The van der Waals surface area contributed by atoms with Crippen molar-refractivity contribution in [2.75, 3.05) is 10.0 Å². The van der Waals surface area contributed by atoms with E-state index in [0.717, 1.165) is 11.1 Å². The Hall–Kier alpha value is -3.13. The van der Waals surface area contributed by atoms with E-state index in [1.165, 1.54) is 6.20 Å². The highest BCUT2D eigenvalue weighted by Crippen LogP contribution is 2.20. The van der Waals surface area contributed by atoms with Gasteiger partial charge in [-0.15, -0.1) is 0 Å². The van der Waals surface area contributed by atoms with Crippen LogP contribution in [0.5, 0.6) is 0 Å². The number of hydrogen-bond donors (Lipinski definition) is 3. The number of nitrogens with zero attached hydrogens (tertiary/aromatic N) is 1. The maximum atomic E-state index is 12.6. The number of H-pyrrole nitrogens is 1. The van der Waals surface area contributed by atoms with Crippen molar-refractivity contribution in [3.63, 3.8) is 0 Å². The lowest BCUT2D eigenvalue weighted by Gasteiger charge is -2.09. The van der Waals surface area contributed by atoms with Crippen molar-refractivity contribution < 1.29 is 13.2 Å². The van der Waals surface area contributed by atoms with E-state index >= 15 is 0 Å². The number of carbonyl (C=O) groups is 1. The van der Waals surface area contributed by atoms with E-state index in [-0.39, 0.29) is 10.6 Å². The molecule has 0 fully saturated rings. The molecule has 1 heterocycles. The number of amides is 1. The summed E-state index contributed by atoms with van der Waals surface area (Å²) in [6.07, 6.45) is 1.19. The fourth-order valence-corrected chi connectivity index (χ4v) is 3.53. The zero-order valence-electron chi connectivity index (χ0n) is 14.3. The molecular weight excluding hydrogens is 352 g/mol. The number of nitrogens with one attached hydrogen (secondary N) is 3. The van der Waals surface area contributed by atoms with Crippen molar-refractivity contribution in [1.29, 1.82) is 0 Å². The molecule has 0 radical (unpaired) electrons. The number of aromatic amines is 1. The molecule has 7 nitrogen and oxygen atoms in total. The number of rotatable bonds is 5. The summed E-state index contributed by atoms with van der Waals surface area (Å²) in [6.45, 7) is 3.90. The number of sulfonamides is 1. The molecule has 3 rings (SSSR count). The van der Waals surface area contributed by atoms with E-state index in [1.54, 1.807) is 36.4 Å². The van der Waals surface area contributed by atoms with Crippen molar-refractivity contribution >= 4 is 27.3 Å². The van der Waals surface area contributed by atoms with Crippen LogP contribution in [0.3, 0.4) is 0 Å². The third-order valence-electron chi connectivity index (χ3n) is 3.91. The van der Waals surface area contributed by atoms with Gasteiger partial charge < -0.3 is 5.32 Å². The summed E-state index contributed by atoms with van der Waals surface area (Å²) in [5.74, 6) is -0.560. The van der Waals surface area contributed by atoms with Crippen LogP contribution >= 0.6 is 0 Å². The topological polar surface area (TPSA) is 104 Å². The normalized spacial score (nSPS) is 11.2. The summed E-state index contributed by atoms with van der Waals surface area (Å²) in [5, 5.41) is 8.52. The highest BCUT2D eigenvalue weighted by molar-refractivity contribution is 7.92. The minimum absolute atomic E-state index is 0.0633. The quantitative estimate of drug-likeness (QED) is 0.642. The molecule has 3 N–H and O–H groups in total. The summed E-state index contributed by atoms with van der Waals surface area (Å²) in [5.41, 5.74) is 3.03. The summed E-state index contributed by atoms with van der Waals surface area (Å²) in [7, 11) is -3.98. The fourth-order valence-electron chi connectivity index (χ4n) is 2.37. The molecule has 0 saturated heterocycles. The number of hydrogen-bond acceptors (Lipinski definition) is 4. The second-order valence-electron chi connectivity index (χ2n) is 5.84. The minimum Gasteiger partial charge on any atom is -0.322 e. The predicted octanol–water partition coefficient (Wildman–Crippen LogP) is 3.08. The first-order valence-electron chi connectivity index (χ1n) is 7.86. The SMILES string of the molecule is Cc1ccc(NC(=O)c2cn[nH]c2S(=O)(=O)Nc2ccccc2)cc1C. The van der Waals surface area contributed by atoms with Crippen LogP contribution in [0.2, 0.25) is 0 Å². The van der Waals surface area contributed by atoms with Gasteiger partial charge in [0.2, 0.25) is 0 Å². The molecule has 3 aromatic rings. The van der Waals surface area contributed by atoms with E-state index in [9.17, 15) is 13.2 Å². The van der Waals surface area contributed by atoms with Crippen molar-refractivity contribution in [3.05, 3.63) is 71.4 Å². The molecule has 0 saturated carbocycles. The second kappa shape index (κ2) is 7.01. The van der Waals surface area contributed by atoms with Crippen LogP contribution < -0.4 is 10.0 Å². The highest BCUT2D eigenvalue weighted by Gasteiger charge is 2.25. The molecular formula is C18H18N4O3S. The van der Waals surface area contributed by atoms with Gasteiger partial charge in [0.05, 0.1) is 11.8 Å². The first-order valence-corrected chi connectivity index (χ1v) is 9.35. The Morgan fingerprint density at radius 1 is 1.00 bits per heavy atom. The third kappa shape index (κ3) is 3.75. The lowest BCUT2D eigenvalue weighted by atomic mass is 10.1. The Morgan fingerprint density at radius 2 is 1.73 bits per heavy atom. The first-order chi connectivity index (χ1) is 12.4. The van der Waals surface area contributed by atoms with E-state index in [2.05, 4.69) is 20.2 Å². The van der Waals surface area contributed by atoms with Gasteiger partial charge in [-0.1, -0.05) is 24.3 Å². The standard InChI is InChI=1S/C18H18N4O3S/c1-12-8-9-15(10-13(12)2)20-17(23)16-11-19-21-18(16)26(24,25)22-14-6-4-3-5-7-14/h3-11,22H,1-2H3,(H,19,21)(H,20,23). The van der Waals surface area contributed by atoms with Crippen LogP contribution in [0, 0.1) is 13.8 Å². The molecule has 0 spiro atoms. The number of benzene rings is 2. The van der Waals surface area contributed by atoms with Crippen LogP contribution in [-0.2, 0) is 10.0 Å². The van der Waals surface area contributed by atoms with E-state index in [0.29, 0.717) is 11.4 Å². The first kappa shape index (κ1) is 17.7. The average Bonchev–Trinajstić information content (AvgIpc) is 3.10. The smallest absolute Gasteiger partial charge is 0.279 e. The van der Waals surface area contributed by atoms with Crippen LogP contribution in [0.1, 0.15) is 21.5 Å². The molecule has 2 aromatic carbocycles. The molecule has 134 valence electrons. The van der Waals surface area contributed by atoms with Crippen molar-refractivity contribution in [2.45, 2.75) is 18.9 Å². The Morgan fingerprint density at radius 3 is 2.42 bits per heavy atom. The molecule has 1 amide bonds. The maximum Gasteiger partial charge on any atom is 0.279 e. The highest BCUT2D eigenvalue weighted by atomic mass is 32.2. The van der Waals surface area contributed by atoms with Gasteiger partial charge >= 0.3 is 0 Å². The summed E-state index contributed by atoms with van der Waals surface area (Å²) >= 11 is 0. The second-order valence-corrected chi connectivity index (χ2v) is 7.46. The van der Waals surface area contributed by atoms with Gasteiger partial charge in [0.15, 0.2) is 5.03 Å². The van der Waals surface area contributed by atoms with Gasteiger partial charge in [0, 0.05) is 11.4 Å². The lowest BCUT2D eigenvalue weighted by Crippen LogP contribution is -2.19. The van der Waals surface area contributed by atoms with Gasteiger partial charge in [-0.25, -0.2) is 0 Å². The van der Waals surface area contributed by atoms with Crippen LogP contribution in [0.4, 0.5) is 11.4 Å². The molecule has 0 unspecified atom stereocenters.